The van der Waals surface area contributed by atoms with Crippen LogP contribution < -0.4 is 21.3 Å². The van der Waals surface area contributed by atoms with Gasteiger partial charge in [-0.25, -0.2) is 4.98 Å². The molecule has 2 aliphatic rings. The van der Waals surface area contributed by atoms with E-state index in [1.807, 2.05) is 6.07 Å². The van der Waals surface area contributed by atoms with Crippen LogP contribution in [0.5, 0.6) is 0 Å². The Balaban J connectivity index is 1.53. The molecule has 1 aromatic rings. The third kappa shape index (κ3) is 4.84. The molecule has 0 atom stereocenters. The number of nitriles is 1. The summed E-state index contributed by atoms with van der Waals surface area (Å²) in [5, 5.41) is 20.7. The number of hydrogen-bond acceptors (Lipinski definition) is 6. The van der Waals surface area contributed by atoms with Crippen LogP contribution in [-0.2, 0) is 9.59 Å². The zero-order valence-electron chi connectivity index (χ0n) is 13.3. The first-order chi connectivity index (χ1) is 11.6. The summed E-state index contributed by atoms with van der Waals surface area (Å²) in [7, 11) is 0. The van der Waals surface area contributed by atoms with Crippen molar-refractivity contribution < 1.29 is 9.59 Å². The van der Waals surface area contributed by atoms with E-state index in [4.69, 9.17) is 5.26 Å². The van der Waals surface area contributed by atoms with Gasteiger partial charge in [-0.05, 0) is 37.8 Å². The standard InChI is InChI=1S/C16H20N6O2/c17-7-10-1-6-13(18-8-14(23)20-11-2-3-11)22-16(10)19-9-15(24)21-12-4-5-12/h1,6,11-12H,2-5,8-9H2,(H,20,23)(H,21,24)(H2,18,19,22). The molecule has 0 aromatic carbocycles. The van der Waals surface area contributed by atoms with Gasteiger partial charge in [0, 0.05) is 12.1 Å². The number of nitrogens with zero attached hydrogens (tertiary/aromatic N) is 2. The van der Waals surface area contributed by atoms with E-state index in [1.165, 1.54) is 0 Å². The van der Waals surface area contributed by atoms with E-state index in [-0.39, 0.29) is 24.9 Å². The minimum absolute atomic E-state index is 0.0593. The Morgan fingerprint density at radius 1 is 1.04 bits per heavy atom. The molecule has 0 radical (unpaired) electrons. The van der Waals surface area contributed by atoms with Gasteiger partial charge in [0.25, 0.3) is 0 Å². The number of hydrogen-bond donors (Lipinski definition) is 4. The second-order valence-electron chi connectivity index (χ2n) is 6.10. The van der Waals surface area contributed by atoms with Gasteiger partial charge < -0.3 is 21.3 Å². The van der Waals surface area contributed by atoms with Crippen LogP contribution in [0.15, 0.2) is 12.1 Å². The molecule has 1 aromatic heterocycles. The topological polar surface area (TPSA) is 119 Å². The van der Waals surface area contributed by atoms with Gasteiger partial charge in [0.15, 0.2) is 0 Å². The molecule has 0 spiro atoms. The highest BCUT2D eigenvalue weighted by Gasteiger charge is 2.23. The molecule has 2 saturated carbocycles. The molecule has 24 heavy (non-hydrogen) atoms. The van der Waals surface area contributed by atoms with E-state index in [0.29, 0.717) is 29.3 Å². The summed E-state index contributed by atoms with van der Waals surface area (Å²) in [5.41, 5.74) is 0.349. The summed E-state index contributed by atoms with van der Waals surface area (Å²) in [6.45, 7) is 0.181. The summed E-state index contributed by atoms with van der Waals surface area (Å²) in [4.78, 5) is 27.7. The number of pyridine rings is 1. The van der Waals surface area contributed by atoms with Crippen molar-refractivity contribution >= 4 is 23.5 Å². The highest BCUT2D eigenvalue weighted by Crippen LogP contribution is 2.19. The molecule has 0 aliphatic heterocycles. The zero-order chi connectivity index (χ0) is 16.9. The first kappa shape index (κ1) is 16.1. The van der Waals surface area contributed by atoms with Crippen LogP contribution in [0.4, 0.5) is 11.6 Å². The molecule has 1 heterocycles. The van der Waals surface area contributed by atoms with Crippen molar-refractivity contribution in [2.24, 2.45) is 0 Å². The lowest BCUT2D eigenvalue weighted by molar-refractivity contribution is -0.120. The van der Waals surface area contributed by atoms with Crippen LogP contribution in [0.1, 0.15) is 31.2 Å². The fraction of sp³-hybridized carbons (Fsp3) is 0.500. The van der Waals surface area contributed by atoms with E-state index in [1.54, 1.807) is 12.1 Å². The van der Waals surface area contributed by atoms with Crippen molar-refractivity contribution in [2.45, 2.75) is 37.8 Å². The van der Waals surface area contributed by atoms with Crippen molar-refractivity contribution in [3.8, 4) is 6.07 Å². The van der Waals surface area contributed by atoms with Gasteiger partial charge >= 0.3 is 0 Å². The Labute approximate surface area is 140 Å². The van der Waals surface area contributed by atoms with Crippen LogP contribution in [-0.4, -0.2) is 42.0 Å². The first-order valence-electron chi connectivity index (χ1n) is 8.11. The monoisotopic (exact) mass is 328 g/mol. The summed E-state index contributed by atoms with van der Waals surface area (Å²) < 4.78 is 0. The van der Waals surface area contributed by atoms with Crippen molar-refractivity contribution in [3.63, 3.8) is 0 Å². The molecular weight excluding hydrogens is 308 g/mol. The maximum absolute atomic E-state index is 11.7. The summed E-state index contributed by atoms with van der Waals surface area (Å²) in [6.07, 6.45) is 4.13. The third-order valence-electron chi connectivity index (χ3n) is 3.75. The van der Waals surface area contributed by atoms with Gasteiger partial charge in [-0.3, -0.25) is 9.59 Å². The lowest BCUT2D eigenvalue weighted by atomic mass is 10.2. The van der Waals surface area contributed by atoms with E-state index >= 15 is 0 Å². The van der Waals surface area contributed by atoms with Crippen molar-refractivity contribution in [1.29, 1.82) is 5.26 Å². The molecule has 4 N–H and O–H groups in total. The largest absolute Gasteiger partial charge is 0.361 e. The van der Waals surface area contributed by atoms with Crippen LogP contribution in [0.25, 0.3) is 0 Å². The van der Waals surface area contributed by atoms with Crippen molar-refractivity contribution in [3.05, 3.63) is 17.7 Å². The fourth-order valence-electron chi connectivity index (χ4n) is 2.13. The summed E-state index contributed by atoms with van der Waals surface area (Å²) in [6, 6.07) is 5.89. The molecule has 126 valence electrons. The Hall–Kier alpha value is -2.82. The van der Waals surface area contributed by atoms with Crippen LogP contribution in [0.2, 0.25) is 0 Å². The Morgan fingerprint density at radius 2 is 1.62 bits per heavy atom. The van der Waals surface area contributed by atoms with Gasteiger partial charge in [-0.2, -0.15) is 5.26 Å². The first-order valence-corrected chi connectivity index (χ1v) is 8.11. The number of aromatic nitrogens is 1. The summed E-state index contributed by atoms with van der Waals surface area (Å²) in [5.74, 6) is 0.605. The number of carbonyl (C=O) groups is 2. The second kappa shape index (κ2) is 7.17. The predicted octanol–water partition coefficient (Wildman–Crippen LogP) is 0.334. The Bertz CT molecular complexity index is 676. The minimum atomic E-state index is -0.120. The molecule has 0 saturated heterocycles. The number of rotatable bonds is 8. The number of anilines is 2. The van der Waals surface area contributed by atoms with E-state index in [0.717, 1.165) is 25.7 Å². The Kier molecular flexibility index (Phi) is 4.79. The zero-order valence-corrected chi connectivity index (χ0v) is 13.3. The normalized spacial score (nSPS) is 16.0. The lowest BCUT2D eigenvalue weighted by Gasteiger charge is -2.11. The smallest absolute Gasteiger partial charge is 0.239 e. The van der Waals surface area contributed by atoms with Crippen LogP contribution >= 0.6 is 0 Å². The van der Waals surface area contributed by atoms with E-state index in [9.17, 15) is 9.59 Å². The molecular formula is C16H20N6O2. The quantitative estimate of drug-likeness (QED) is 0.546. The molecule has 2 amide bonds. The average molecular weight is 328 g/mol. The van der Waals surface area contributed by atoms with Crippen LogP contribution in [0.3, 0.4) is 0 Å². The highest BCUT2D eigenvalue weighted by atomic mass is 16.2. The number of nitrogens with one attached hydrogen (secondary N) is 4. The molecule has 0 bridgehead atoms. The van der Waals surface area contributed by atoms with Gasteiger partial charge in [-0.15, -0.1) is 0 Å². The second-order valence-corrected chi connectivity index (χ2v) is 6.10. The number of carbonyl (C=O) groups excluding carboxylic acids is 2. The molecule has 8 heteroatoms. The molecule has 8 nitrogen and oxygen atoms in total. The van der Waals surface area contributed by atoms with Crippen molar-refractivity contribution in [1.82, 2.24) is 15.6 Å². The molecule has 2 fully saturated rings. The third-order valence-corrected chi connectivity index (χ3v) is 3.75. The lowest BCUT2D eigenvalue weighted by Crippen LogP contribution is -2.32. The maximum Gasteiger partial charge on any atom is 0.239 e. The average Bonchev–Trinajstić information content (AvgIpc) is 3.48. The molecule has 2 aliphatic carbocycles. The molecule has 0 unspecified atom stereocenters. The minimum Gasteiger partial charge on any atom is -0.361 e. The predicted molar refractivity (Wildman–Crippen MR) is 88.3 cm³/mol. The number of amides is 2. The highest BCUT2D eigenvalue weighted by molar-refractivity contribution is 5.82. The summed E-state index contributed by atoms with van der Waals surface area (Å²) >= 11 is 0. The van der Waals surface area contributed by atoms with Crippen LogP contribution in [0, 0.1) is 11.3 Å². The van der Waals surface area contributed by atoms with E-state index < -0.39 is 0 Å². The Morgan fingerprint density at radius 3 is 2.17 bits per heavy atom. The fourth-order valence-corrected chi connectivity index (χ4v) is 2.13. The molecule has 3 rings (SSSR count). The van der Waals surface area contributed by atoms with Gasteiger partial charge in [0.1, 0.15) is 17.7 Å². The van der Waals surface area contributed by atoms with Gasteiger partial charge in [0.05, 0.1) is 18.7 Å². The van der Waals surface area contributed by atoms with E-state index in [2.05, 4.69) is 26.3 Å². The van der Waals surface area contributed by atoms with Crippen molar-refractivity contribution in [2.75, 3.05) is 23.7 Å². The maximum atomic E-state index is 11.7. The SMILES string of the molecule is N#Cc1ccc(NCC(=O)NC2CC2)nc1NCC(=O)NC1CC1. The van der Waals surface area contributed by atoms with Gasteiger partial charge in [0.2, 0.25) is 11.8 Å². The van der Waals surface area contributed by atoms with Gasteiger partial charge in [-0.1, -0.05) is 0 Å².